The predicted octanol–water partition coefficient (Wildman–Crippen LogP) is 0.703. The van der Waals surface area contributed by atoms with Crippen molar-refractivity contribution in [2.24, 2.45) is 11.7 Å². The molecule has 4 N–H and O–H groups in total. The van der Waals surface area contributed by atoms with Crippen LogP contribution in [0.25, 0.3) is 0 Å². The van der Waals surface area contributed by atoms with Crippen molar-refractivity contribution in [3.8, 4) is 0 Å². The van der Waals surface area contributed by atoms with E-state index < -0.39 is 11.9 Å². The lowest BCUT2D eigenvalue weighted by molar-refractivity contribution is -0.134. The van der Waals surface area contributed by atoms with Crippen LogP contribution in [0.3, 0.4) is 0 Å². The van der Waals surface area contributed by atoms with E-state index >= 15 is 0 Å². The quantitative estimate of drug-likeness (QED) is 0.584. The summed E-state index contributed by atoms with van der Waals surface area (Å²) >= 11 is 0. The number of carboxylic acid groups (broad SMARTS) is 2. The molecule has 5 nitrogen and oxygen atoms in total. The minimum atomic E-state index is -1.26. The molecule has 0 unspecified atom stereocenters. The van der Waals surface area contributed by atoms with Gasteiger partial charge in [0.15, 0.2) is 0 Å². The minimum absolute atomic E-state index is 0.558. The molecule has 14 heavy (non-hydrogen) atoms. The molecule has 5 heteroatoms. The summed E-state index contributed by atoms with van der Waals surface area (Å²) in [7, 11) is 0. The van der Waals surface area contributed by atoms with Crippen LogP contribution in [0.15, 0.2) is 12.2 Å². The zero-order valence-corrected chi connectivity index (χ0v) is 8.43. The van der Waals surface area contributed by atoms with Gasteiger partial charge in [-0.2, -0.15) is 0 Å². The van der Waals surface area contributed by atoms with E-state index in [0.29, 0.717) is 18.1 Å². The summed E-state index contributed by atoms with van der Waals surface area (Å²) in [6.45, 7) is 5.13. The summed E-state index contributed by atoms with van der Waals surface area (Å²) in [6.07, 6.45) is 2.32. The van der Waals surface area contributed by atoms with Gasteiger partial charge < -0.3 is 15.9 Å². The molecule has 0 fully saturated rings. The monoisotopic (exact) mass is 203 g/mol. The van der Waals surface area contributed by atoms with Crippen LogP contribution in [0.1, 0.15) is 20.3 Å². The molecule has 82 valence electrons. The highest BCUT2D eigenvalue weighted by molar-refractivity contribution is 5.89. The van der Waals surface area contributed by atoms with E-state index in [1.165, 1.54) is 6.42 Å². The van der Waals surface area contributed by atoms with E-state index in [2.05, 4.69) is 13.8 Å². The first-order valence-electron chi connectivity index (χ1n) is 4.28. The van der Waals surface area contributed by atoms with Crippen molar-refractivity contribution in [1.29, 1.82) is 0 Å². The summed E-state index contributed by atoms with van der Waals surface area (Å²) in [5.74, 6) is -1.80. The van der Waals surface area contributed by atoms with Crippen molar-refractivity contribution in [2.45, 2.75) is 20.3 Å². The summed E-state index contributed by atoms with van der Waals surface area (Å²) in [6, 6.07) is 0. The molecule has 0 aliphatic rings. The summed E-state index contributed by atoms with van der Waals surface area (Å²) in [5.41, 5.74) is 5.28. The number of nitrogens with two attached hydrogens (primary N) is 1. The molecule has 0 saturated heterocycles. The Labute approximate surface area is 83.2 Å². The van der Waals surface area contributed by atoms with E-state index in [1.807, 2.05) is 0 Å². The molecule has 0 aliphatic heterocycles. The highest BCUT2D eigenvalue weighted by Crippen LogP contribution is 1.93. The second-order valence-electron chi connectivity index (χ2n) is 2.76. The lowest BCUT2D eigenvalue weighted by atomic mass is 10.1. The smallest absolute Gasteiger partial charge is 0.328 e. The highest BCUT2D eigenvalue weighted by atomic mass is 16.4. The molecule has 0 amide bonds. The zero-order chi connectivity index (χ0) is 11.6. The van der Waals surface area contributed by atoms with E-state index in [-0.39, 0.29) is 0 Å². The van der Waals surface area contributed by atoms with Crippen molar-refractivity contribution in [1.82, 2.24) is 0 Å². The van der Waals surface area contributed by atoms with Crippen molar-refractivity contribution in [3.05, 3.63) is 12.2 Å². The van der Waals surface area contributed by atoms with Crippen LogP contribution in [0.2, 0.25) is 0 Å². The average molecular weight is 203 g/mol. The Morgan fingerprint density at radius 2 is 1.64 bits per heavy atom. The Morgan fingerprint density at radius 3 is 1.71 bits per heavy atom. The van der Waals surface area contributed by atoms with Crippen molar-refractivity contribution >= 4 is 11.9 Å². The topological polar surface area (TPSA) is 101 Å². The van der Waals surface area contributed by atoms with Gasteiger partial charge in [0, 0.05) is 12.2 Å². The lowest BCUT2D eigenvalue weighted by Crippen LogP contribution is -2.08. The molecule has 0 aliphatic carbocycles. The zero-order valence-electron chi connectivity index (χ0n) is 8.43. The van der Waals surface area contributed by atoms with Gasteiger partial charge >= 0.3 is 11.9 Å². The van der Waals surface area contributed by atoms with E-state index in [4.69, 9.17) is 15.9 Å². The molecule has 0 aromatic carbocycles. The molecular formula is C9H17NO4. The predicted molar refractivity (Wildman–Crippen MR) is 52.9 cm³/mol. The van der Waals surface area contributed by atoms with Crippen LogP contribution < -0.4 is 5.73 Å². The number of hydrogen-bond acceptors (Lipinski definition) is 3. The van der Waals surface area contributed by atoms with Gasteiger partial charge in [-0.25, -0.2) is 9.59 Å². The Hall–Kier alpha value is -1.36. The van der Waals surface area contributed by atoms with Crippen LogP contribution in [0.4, 0.5) is 0 Å². The Morgan fingerprint density at radius 1 is 1.29 bits per heavy atom. The summed E-state index contributed by atoms with van der Waals surface area (Å²) < 4.78 is 0. The first-order chi connectivity index (χ1) is 6.43. The van der Waals surface area contributed by atoms with Gasteiger partial charge in [-0.05, 0) is 12.5 Å². The number of aliphatic carboxylic acids is 2. The van der Waals surface area contributed by atoms with Crippen LogP contribution in [0.5, 0.6) is 0 Å². The fraction of sp³-hybridized carbons (Fsp3) is 0.556. The SMILES string of the molecule is CC[C@H](C)CN.O=C(O)/C=C/C(=O)O. The second-order valence-corrected chi connectivity index (χ2v) is 2.76. The normalized spacial score (nSPS) is 11.6. The van der Waals surface area contributed by atoms with Crippen LogP contribution >= 0.6 is 0 Å². The van der Waals surface area contributed by atoms with E-state index in [9.17, 15) is 9.59 Å². The van der Waals surface area contributed by atoms with Gasteiger partial charge in [0.2, 0.25) is 0 Å². The molecule has 0 rings (SSSR count). The first kappa shape index (κ1) is 15.1. The maximum absolute atomic E-state index is 9.55. The van der Waals surface area contributed by atoms with Crippen molar-refractivity contribution in [3.63, 3.8) is 0 Å². The number of carboxylic acids is 2. The minimum Gasteiger partial charge on any atom is -0.478 e. The number of rotatable bonds is 4. The molecule has 0 radical (unpaired) electrons. The van der Waals surface area contributed by atoms with Gasteiger partial charge in [-0.3, -0.25) is 0 Å². The third kappa shape index (κ3) is 16.9. The Bertz CT molecular complexity index is 181. The van der Waals surface area contributed by atoms with Gasteiger partial charge in [-0.15, -0.1) is 0 Å². The molecular weight excluding hydrogens is 186 g/mol. The molecule has 0 bridgehead atoms. The van der Waals surface area contributed by atoms with Gasteiger partial charge in [0.25, 0.3) is 0 Å². The average Bonchev–Trinajstić information content (AvgIpc) is 2.14. The molecule has 1 atom stereocenters. The fourth-order valence-corrected chi connectivity index (χ4v) is 0.309. The van der Waals surface area contributed by atoms with Crippen molar-refractivity contribution in [2.75, 3.05) is 6.54 Å². The Kier molecular flexibility index (Phi) is 10.5. The van der Waals surface area contributed by atoms with Crippen LogP contribution in [-0.4, -0.2) is 28.7 Å². The van der Waals surface area contributed by atoms with Gasteiger partial charge in [-0.1, -0.05) is 20.3 Å². The summed E-state index contributed by atoms with van der Waals surface area (Å²) in [4.78, 5) is 19.1. The van der Waals surface area contributed by atoms with Crippen molar-refractivity contribution < 1.29 is 19.8 Å². The largest absolute Gasteiger partial charge is 0.478 e. The third-order valence-electron chi connectivity index (χ3n) is 1.47. The summed E-state index contributed by atoms with van der Waals surface area (Å²) in [5, 5.41) is 15.6. The van der Waals surface area contributed by atoms with Gasteiger partial charge in [0.1, 0.15) is 0 Å². The third-order valence-corrected chi connectivity index (χ3v) is 1.47. The molecule has 0 saturated carbocycles. The van der Waals surface area contributed by atoms with Crippen LogP contribution in [-0.2, 0) is 9.59 Å². The maximum Gasteiger partial charge on any atom is 0.328 e. The van der Waals surface area contributed by atoms with E-state index in [0.717, 1.165) is 6.54 Å². The molecule has 0 aromatic heterocycles. The molecule has 0 spiro atoms. The lowest BCUT2D eigenvalue weighted by Gasteiger charge is -1.98. The number of carbonyl (C=O) groups is 2. The van der Waals surface area contributed by atoms with E-state index in [1.54, 1.807) is 0 Å². The Balaban J connectivity index is 0. The first-order valence-corrected chi connectivity index (χ1v) is 4.28. The maximum atomic E-state index is 9.55. The van der Waals surface area contributed by atoms with Gasteiger partial charge in [0.05, 0.1) is 0 Å². The van der Waals surface area contributed by atoms with Crippen LogP contribution in [0, 0.1) is 5.92 Å². The molecule has 0 aromatic rings. The highest BCUT2D eigenvalue weighted by Gasteiger charge is 1.89. The number of hydrogen-bond donors (Lipinski definition) is 3. The molecule has 0 heterocycles. The standard InChI is InChI=1S/C5H13N.C4H4O4/c1-3-5(2)4-6;5-3(6)1-2-4(7)8/h5H,3-4,6H2,1-2H3;1-2H,(H,5,6)(H,7,8)/b;2-1+/t5-;/m0./s1. The fourth-order valence-electron chi connectivity index (χ4n) is 0.309. The second kappa shape index (κ2) is 9.73.